The molecule has 1 aromatic heterocycles. The predicted octanol–water partition coefficient (Wildman–Crippen LogP) is 3.84. The summed E-state index contributed by atoms with van der Waals surface area (Å²) in [4.78, 5) is 4.33. The standard InChI is InChI=1S/C16H23BrN2O/c1-2-19-15(13-8-14(17)11-18-10-13)12-4-7-20-16(9-12)5-3-6-16/h8,10-12,15,19H,2-7,9H2,1H3. The molecule has 0 bridgehead atoms. The van der Waals surface area contributed by atoms with Gasteiger partial charge < -0.3 is 10.1 Å². The Morgan fingerprint density at radius 3 is 3.00 bits per heavy atom. The maximum absolute atomic E-state index is 6.07. The Kier molecular flexibility index (Phi) is 4.43. The van der Waals surface area contributed by atoms with Gasteiger partial charge in [-0.05, 0) is 72.1 Å². The second kappa shape index (κ2) is 6.12. The number of ether oxygens (including phenoxy) is 1. The number of hydrogen-bond acceptors (Lipinski definition) is 3. The normalized spacial score (nSPS) is 26.2. The number of nitrogens with one attached hydrogen (secondary N) is 1. The van der Waals surface area contributed by atoms with Gasteiger partial charge in [0, 0.05) is 29.5 Å². The molecule has 2 unspecified atom stereocenters. The molecule has 1 aromatic rings. The zero-order valence-corrected chi connectivity index (χ0v) is 13.7. The zero-order valence-electron chi connectivity index (χ0n) is 12.1. The van der Waals surface area contributed by atoms with E-state index < -0.39 is 0 Å². The molecule has 1 aliphatic heterocycles. The maximum Gasteiger partial charge on any atom is 0.0686 e. The van der Waals surface area contributed by atoms with Crippen LogP contribution in [0.1, 0.15) is 50.6 Å². The van der Waals surface area contributed by atoms with E-state index in [1.165, 1.54) is 31.2 Å². The van der Waals surface area contributed by atoms with Crippen LogP contribution in [0.4, 0.5) is 0 Å². The van der Waals surface area contributed by atoms with Crippen LogP contribution in [0.25, 0.3) is 0 Å². The average Bonchev–Trinajstić information content (AvgIpc) is 2.43. The molecular formula is C16H23BrN2O. The molecule has 1 saturated carbocycles. The molecule has 110 valence electrons. The van der Waals surface area contributed by atoms with Crippen LogP contribution in [0.2, 0.25) is 0 Å². The molecule has 2 fully saturated rings. The van der Waals surface area contributed by atoms with Crippen molar-refractivity contribution in [1.29, 1.82) is 0 Å². The molecular weight excluding hydrogens is 316 g/mol. The van der Waals surface area contributed by atoms with Crippen molar-refractivity contribution in [3.05, 3.63) is 28.5 Å². The Morgan fingerprint density at radius 2 is 2.35 bits per heavy atom. The second-order valence-corrected chi connectivity index (χ2v) is 7.03. The molecule has 2 atom stereocenters. The number of hydrogen-bond donors (Lipinski definition) is 1. The Labute approximate surface area is 129 Å². The van der Waals surface area contributed by atoms with Gasteiger partial charge in [-0.3, -0.25) is 4.98 Å². The van der Waals surface area contributed by atoms with Crippen molar-refractivity contribution in [3.8, 4) is 0 Å². The van der Waals surface area contributed by atoms with Crippen LogP contribution < -0.4 is 5.32 Å². The van der Waals surface area contributed by atoms with Gasteiger partial charge in [0.25, 0.3) is 0 Å². The average molecular weight is 339 g/mol. The molecule has 0 radical (unpaired) electrons. The highest BCUT2D eigenvalue weighted by molar-refractivity contribution is 9.10. The molecule has 3 nitrogen and oxygen atoms in total. The lowest BCUT2D eigenvalue weighted by Crippen LogP contribution is -2.48. The summed E-state index contributed by atoms with van der Waals surface area (Å²) in [6.45, 7) is 4.08. The lowest BCUT2D eigenvalue weighted by Gasteiger charge is -2.49. The van der Waals surface area contributed by atoms with Crippen LogP contribution >= 0.6 is 15.9 Å². The molecule has 1 spiro atoms. The molecule has 0 aromatic carbocycles. The maximum atomic E-state index is 6.07. The van der Waals surface area contributed by atoms with Crippen LogP contribution in [0.15, 0.2) is 22.9 Å². The Balaban J connectivity index is 1.79. The number of aromatic nitrogens is 1. The van der Waals surface area contributed by atoms with Gasteiger partial charge in [0.1, 0.15) is 0 Å². The summed E-state index contributed by atoms with van der Waals surface area (Å²) in [5, 5.41) is 3.67. The molecule has 1 saturated heterocycles. The fraction of sp³-hybridized carbons (Fsp3) is 0.688. The quantitative estimate of drug-likeness (QED) is 0.905. The van der Waals surface area contributed by atoms with E-state index in [4.69, 9.17) is 4.74 Å². The van der Waals surface area contributed by atoms with Crippen molar-refractivity contribution in [3.63, 3.8) is 0 Å². The van der Waals surface area contributed by atoms with Crippen LogP contribution in [0.5, 0.6) is 0 Å². The monoisotopic (exact) mass is 338 g/mol. The Morgan fingerprint density at radius 1 is 1.50 bits per heavy atom. The number of nitrogens with zero attached hydrogens (tertiary/aromatic N) is 1. The van der Waals surface area contributed by atoms with Gasteiger partial charge in [-0.1, -0.05) is 6.92 Å². The van der Waals surface area contributed by atoms with Crippen LogP contribution in [-0.4, -0.2) is 23.7 Å². The highest BCUT2D eigenvalue weighted by Crippen LogP contribution is 2.47. The summed E-state index contributed by atoms with van der Waals surface area (Å²) < 4.78 is 7.13. The first-order valence-corrected chi connectivity index (χ1v) is 8.49. The number of rotatable bonds is 4. The van der Waals surface area contributed by atoms with Crippen LogP contribution in [0, 0.1) is 5.92 Å². The van der Waals surface area contributed by atoms with Crippen molar-refractivity contribution in [2.75, 3.05) is 13.2 Å². The highest BCUT2D eigenvalue weighted by Gasteiger charge is 2.44. The van der Waals surface area contributed by atoms with Crippen molar-refractivity contribution >= 4 is 15.9 Å². The lowest BCUT2D eigenvalue weighted by atomic mass is 9.70. The van der Waals surface area contributed by atoms with Gasteiger partial charge in [0.15, 0.2) is 0 Å². The zero-order chi connectivity index (χ0) is 14.0. The van der Waals surface area contributed by atoms with Crippen molar-refractivity contribution < 1.29 is 4.74 Å². The number of halogens is 1. The number of pyridine rings is 1. The molecule has 1 N–H and O–H groups in total. The van der Waals surface area contributed by atoms with E-state index in [2.05, 4.69) is 39.2 Å². The minimum atomic E-state index is 0.204. The van der Waals surface area contributed by atoms with Gasteiger partial charge in [0.2, 0.25) is 0 Å². The van der Waals surface area contributed by atoms with E-state index in [1.807, 2.05) is 12.4 Å². The minimum Gasteiger partial charge on any atom is -0.375 e. The molecule has 1 aliphatic carbocycles. The van der Waals surface area contributed by atoms with E-state index in [-0.39, 0.29) is 5.60 Å². The Bertz CT molecular complexity index is 462. The molecule has 2 heterocycles. The van der Waals surface area contributed by atoms with Gasteiger partial charge in [-0.25, -0.2) is 0 Å². The van der Waals surface area contributed by atoms with E-state index in [0.717, 1.165) is 24.0 Å². The fourth-order valence-electron chi connectivity index (χ4n) is 3.64. The van der Waals surface area contributed by atoms with Gasteiger partial charge >= 0.3 is 0 Å². The summed E-state index contributed by atoms with van der Waals surface area (Å²) in [6.07, 6.45) is 10.0. The highest BCUT2D eigenvalue weighted by atomic mass is 79.9. The summed E-state index contributed by atoms with van der Waals surface area (Å²) in [5.74, 6) is 0.653. The predicted molar refractivity (Wildman–Crippen MR) is 83.6 cm³/mol. The summed E-state index contributed by atoms with van der Waals surface area (Å²) in [5.41, 5.74) is 1.50. The first-order chi connectivity index (χ1) is 9.72. The van der Waals surface area contributed by atoms with Crippen molar-refractivity contribution in [2.24, 2.45) is 5.92 Å². The first kappa shape index (κ1) is 14.5. The third-order valence-electron chi connectivity index (χ3n) is 4.78. The minimum absolute atomic E-state index is 0.204. The molecule has 0 amide bonds. The molecule has 2 aliphatic rings. The SMILES string of the molecule is CCNC(c1cncc(Br)c1)C1CCOC2(CCC2)C1. The third-order valence-corrected chi connectivity index (χ3v) is 5.21. The van der Waals surface area contributed by atoms with Crippen LogP contribution in [0.3, 0.4) is 0 Å². The van der Waals surface area contributed by atoms with E-state index in [9.17, 15) is 0 Å². The summed E-state index contributed by atoms with van der Waals surface area (Å²) in [7, 11) is 0. The fourth-order valence-corrected chi connectivity index (χ4v) is 4.03. The van der Waals surface area contributed by atoms with E-state index >= 15 is 0 Å². The lowest BCUT2D eigenvalue weighted by molar-refractivity contribution is -0.147. The molecule has 20 heavy (non-hydrogen) atoms. The summed E-state index contributed by atoms with van der Waals surface area (Å²) >= 11 is 3.54. The Hall–Kier alpha value is -0.450. The van der Waals surface area contributed by atoms with Gasteiger partial charge in [0.05, 0.1) is 5.60 Å². The van der Waals surface area contributed by atoms with E-state index in [1.54, 1.807) is 0 Å². The van der Waals surface area contributed by atoms with Crippen molar-refractivity contribution in [1.82, 2.24) is 10.3 Å². The van der Waals surface area contributed by atoms with Crippen molar-refractivity contribution in [2.45, 2.75) is 50.7 Å². The second-order valence-electron chi connectivity index (χ2n) is 6.11. The largest absolute Gasteiger partial charge is 0.375 e. The van der Waals surface area contributed by atoms with Gasteiger partial charge in [-0.15, -0.1) is 0 Å². The van der Waals surface area contributed by atoms with Crippen LogP contribution in [-0.2, 0) is 4.74 Å². The smallest absolute Gasteiger partial charge is 0.0686 e. The third kappa shape index (κ3) is 2.92. The van der Waals surface area contributed by atoms with E-state index in [0.29, 0.717) is 12.0 Å². The van der Waals surface area contributed by atoms with Gasteiger partial charge in [-0.2, -0.15) is 0 Å². The molecule has 3 rings (SSSR count). The molecule has 4 heteroatoms. The topological polar surface area (TPSA) is 34.2 Å². The first-order valence-electron chi connectivity index (χ1n) is 7.70. The summed E-state index contributed by atoms with van der Waals surface area (Å²) in [6, 6.07) is 2.59.